The molecule has 0 spiro atoms. The summed E-state index contributed by atoms with van der Waals surface area (Å²) in [5.74, 6) is -0.853. The van der Waals surface area contributed by atoms with Gasteiger partial charge in [0.25, 0.3) is 5.91 Å². The molecule has 1 amide bonds. The standard InChI is InChI=1S/C18H19NO3S/c1-13-5-3-6-15(11-13)8-9-18(21)22-12-17(20)19-14(2)16-7-4-10-23-16/h3-11,14H,12H2,1-2H3,(H,19,20)/b9-8+/t14-/m1/s1. The zero-order valence-electron chi connectivity index (χ0n) is 13.1. The van der Waals surface area contributed by atoms with Crippen LogP contribution in [0.25, 0.3) is 6.08 Å². The number of benzene rings is 1. The average molecular weight is 329 g/mol. The van der Waals surface area contributed by atoms with Gasteiger partial charge in [-0.05, 0) is 36.9 Å². The maximum atomic E-state index is 11.8. The van der Waals surface area contributed by atoms with Crippen LogP contribution in [0.15, 0.2) is 47.9 Å². The largest absolute Gasteiger partial charge is 0.452 e. The molecular weight excluding hydrogens is 310 g/mol. The predicted molar refractivity (Wildman–Crippen MR) is 92.0 cm³/mol. The SMILES string of the molecule is Cc1cccc(/C=C/C(=O)OCC(=O)N[C@H](C)c2cccs2)c1. The quantitative estimate of drug-likeness (QED) is 0.652. The molecule has 5 heteroatoms. The van der Waals surface area contributed by atoms with Gasteiger partial charge in [0.15, 0.2) is 6.61 Å². The van der Waals surface area contributed by atoms with Crippen LogP contribution in [-0.2, 0) is 14.3 Å². The second kappa shape index (κ2) is 8.29. The summed E-state index contributed by atoms with van der Waals surface area (Å²) in [4.78, 5) is 24.5. The van der Waals surface area contributed by atoms with E-state index in [9.17, 15) is 9.59 Å². The molecule has 1 aromatic carbocycles. The van der Waals surface area contributed by atoms with E-state index in [1.807, 2.05) is 55.6 Å². The van der Waals surface area contributed by atoms with Crippen molar-refractivity contribution in [2.75, 3.05) is 6.61 Å². The fourth-order valence-corrected chi connectivity index (χ4v) is 2.75. The third-order valence-corrected chi connectivity index (χ3v) is 4.20. The first-order chi connectivity index (χ1) is 11.0. The Morgan fingerprint density at radius 3 is 2.83 bits per heavy atom. The lowest BCUT2D eigenvalue weighted by molar-refractivity contribution is -0.144. The van der Waals surface area contributed by atoms with E-state index in [0.717, 1.165) is 16.0 Å². The third-order valence-electron chi connectivity index (χ3n) is 3.15. The molecule has 0 saturated carbocycles. The van der Waals surface area contributed by atoms with E-state index in [1.54, 1.807) is 17.4 Å². The topological polar surface area (TPSA) is 55.4 Å². The summed E-state index contributed by atoms with van der Waals surface area (Å²) in [5, 5.41) is 4.74. The molecule has 1 heterocycles. The lowest BCUT2D eigenvalue weighted by Gasteiger charge is -2.11. The fourth-order valence-electron chi connectivity index (χ4n) is 2.01. The molecule has 0 fully saturated rings. The van der Waals surface area contributed by atoms with Crippen LogP contribution < -0.4 is 5.32 Å². The minimum atomic E-state index is -0.537. The van der Waals surface area contributed by atoms with Crippen molar-refractivity contribution in [1.82, 2.24) is 5.32 Å². The Morgan fingerprint density at radius 2 is 2.13 bits per heavy atom. The van der Waals surface area contributed by atoms with Gasteiger partial charge in [0.2, 0.25) is 0 Å². The number of hydrogen-bond acceptors (Lipinski definition) is 4. The molecule has 1 aromatic heterocycles. The van der Waals surface area contributed by atoms with Gasteiger partial charge in [-0.2, -0.15) is 0 Å². The van der Waals surface area contributed by atoms with Gasteiger partial charge in [0, 0.05) is 11.0 Å². The van der Waals surface area contributed by atoms with Crippen molar-refractivity contribution in [3.8, 4) is 0 Å². The number of nitrogens with one attached hydrogen (secondary N) is 1. The Bertz CT molecular complexity index is 692. The van der Waals surface area contributed by atoms with Crippen LogP contribution in [0.5, 0.6) is 0 Å². The highest BCUT2D eigenvalue weighted by molar-refractivity contribution is 7.10. The molecule has 1 N–H and O–H groups in total. The van der Waals surface area contributed by atoms with Crippen molar-refractivity contribution in [1.29, 1.82) is 0 Å². The maximum absolute atomic E-state index is 11.8. The molecular formula is C18H19NO3S. The molecule has 0 bridgehead atoms. The van der Waals surface area contributed by atoms with E-state index < -0.39 is 5.97 Å². The van der Waals surface area contributed by atoms with Crippen LogP contribution in [0, 0.1) is 6.92 Å². The average Bonchev–Trinajstić information content (AvgIpc) is 3.05. The van der Waals surface area contributed by atoms with E-state index in [2.05, 4.69) is 5.32 Å². The Hall–Kier alpha value is -2.40. The normalized spacial score (nSPS) is 12.1. The van der Waals surface area contributed by atoms with Gasteiger partial charge in [0.05, 0.1) is 6.04 Å². The number of thiophene rings is 1. The number of hydrogen-bond donors (Lipinski definition) is 1. The Morgan fingerprint density at radius 1 is 1.30 bits per heavy atom. The van der Waals surface area contributed by atoms with Crippen molar-refractivity contribution in [3.63, 3.8) is 0 Å². The van der Waals surface area contributed by atoms with E-state index in [0.29, 0.717) is 0 Å². The summed E-state index contributed by atoms with van der Waals surface area (Å²) in [6.45, 7) is 3.59. The first-order valence-electron chi connectivity index (χ1n) is 7.29. The van der Waals surface area contributed by atoms with E-state index in [-0.39, 0.29) is 18.6 Å². The molecule has 0 aliphatic rings. The molecule has 0 unspecified atom stereocenters. The third kappa shape index (κ3) is 5.71. The van der Waals surface area contributed by atoms with Gasteiger partial charge in [0.1, 0.15) is 0 Å². The second-order valence-corrected chi connectivity index (χ2v) is 6.14. The number of aryl methyl sites for hydroxylation is 1. The number of amides is 1. The van der Waals surface area contributed by atoms with Gasteiger partial charge in [-0.15, -0.1) is 11.3 Å². The highest BCUT2D eigenvalue weighted by atomic mass is 32.1. The van der Waals surface area contributed by atoms with Crippen LogP contribution >= 0.6 is 11.3 Å². The predicted octanol–water partition coefficient (Wildman–Crippen LogP) is 3.49. The summed E-state index contributed by atoms with van der Waals surface area (Å²) in [5.41, 5.74) is 2.03. The van der Waals surface area contributed by atoms with Gasteiger partial charge in [-0.25, -0.2) is 4.79 Å². The van der Waals surface area contributed by atoms with Crippen LogP contribution in [-0.4, -0.2) is 18.5 Å². The second-order valence-electron chi connectivity index (χ2n) is 5.16. The molecule has 0 aliphatic carbocycles. The smallest absolute Gasteiger partial charge is 0.331 e. The van der Waals surface area contributed by atoms with Crippen molar-refractivity contribution < 1.29 is 14.3 Å². The van der Waals surface area contributed by atoms with Gasteiger partial charge in [-0.1, -0.05) is 35.9 Å². The van der Waals surface area contributed by atoms with Crippen molar-refractivity contribution in [2.45, 2.75) is 19.9 Å². The fraction of sp³-hybridized carbons (Fsp3) is 0.222. The highest BCUT2D eigenvalue weighted by Crippen LogP contribution is 2.17. The zero-order valence-corrected chi connectivity index (χ0v) is 13.9. The summed E-state index contributed by atoms with van der Waals surface area (Å²) in [6.07, 6.45) is 2.99. The lowest BCUT2D eigenvalue weighted by Crippen LogP contribution is -2.30. The number of ether oxygens (including phenoxy) is 1. The van der Waals surface area contributed by atoms with Crippen LogP contribution in [0.3, 0.4) is 0 Å². The van der Waals surface area contributed by atoms with Crippen LogP contribution in [0.4, 0.5) is 0 Å². The monoisotopic (exact) mass is 329 g/mol. The highest BCUT2D eigenvalue weighted by Gasteiger charge is 2.11. The zero-order chi connectivity index (χ0) is 16.7. The number of esters is 1. The minimum Gasteiger partial charge on any atom is -0.452 e. The first kappa shape index (κ1) is 17.0. The van der Waals surface area contributed by atoms with Crippen LogP contribution in [0.2, 0.25) is 0 Å². The molecule has 120 valence electrons. The molecule has 2 aromatic rings. The lowest BCUT2D eigenvalue weighted by atomic mass is 10.1. The molecule has 23 heavy (non-hydrogen) atoms. The van der Waals surface area contributed by atoms with Crippen LogP contribution in [0.1, 0.15) is 29.0 Å². The molecule has 0 saturated heterocycles. The Labute approximate surface area is 139 Å². The van der Waals surface area contributed by atoms with Crippen molar-refractivity contribution in [2.24, 2.45) is 0 Å². The summed E-state index contributed by atoms with van der Waals surface area (Å²) < 4.78 is 4.94. The van der Waals surface area contributed by atoms with Gasteiger partial charge in [-0.3, -0.25) is 4.79 Å². The molecule has 0 radical (unpaired) electrons. The first-order valence-corrected chi connectivity index (χ1v) is 8.17. The summed E-state index contributed by atoms with van der Waals surface area (Å²) in [7, 11) is 0. The summed E-state index contributed by atoms with van der Waals surface area (Å²) in [6, 6.07) is 11.5. The Balaban J connectivity index is 1.76. The molecule has 0 aliphatic heterocycles. The summed E-state index contributed by atoms with van der Waals surface area (Å²) >= 11 is 1.57. The van der Waals surface area contributed by atoms with E-state index >= 15 is 0 Å². The van der Waals surface area contributed by atoms with Gasteiger partial charge >= 0.3 is 5.97 Å². The van der Waals surface area contributed by atoms with E-state index in [4.69, 9.17) is 4.74 Å². The molecule has 1 atom stereocenters. The van der Waals surface area contributed by atoms with Crippen molar-refractivity contribution in [3.05, 3.63) is 63.9 Å². The van der Waals surface area contributed by atoms with Crippen molar-refractivity contribution >= 4 is 29.3 Å². The molecule has 2 rings (SSSR count). The number of rotatable bonds is 6. The Kier molecular flexibility index (Phi) is 6.11. The van der Waals surface area contributed by atoms with Gasteiger partial charge < -0.3 is 10.1 Å². The molecule has 4 nitrogen and oxygen atoms in total. The maximum Gasteiger partial charge on any atom is 0.331 e. The minimum absolute atomic E-state index is 0.0935. The number of carbonyl (C=O) groups is 2. The van der Waals surface area contributed by atoms with E-state index in [1.165, 1.54) is 6.08 Å². The number of carbonyl (C=O) groups excluding carboxylic acids is 2.